The summed E-state index contributed by atoms with van der Waals surface area (Å²) in [5.41, 5.74) is 0. The van der Waals surface area contributed by atoms with E-state index in [-0.39, 0.29) is 0 Å². The van der Waals surface area contributed by atoms with Crippen molar-refractivity contribution in [1.29, 1.82) is 0 Å². The molecular weight excluding hydrogens is 256 g/mol. The van der Waals surface area contributed by atoms with Crippen molar-refractivity contribution in [3.05, 3.63) is 0 Å². The Morgan fingerprint density at radius 1 is 0.944 bits per heavy atom. The Bertz CT molecular complexity index is 246. The van der Waals surface area contributed by atoms with E-state index in [4.69, 9.17) is 4.43 Å². The third kappa shape index (κ3) is 5.53. The van der Waals surface area contributed by atoms with Crippen molar-refractivity contribution in [3.8, 4) is 0 Å². The molecule has 0 unspecified atom stereocenters. The summed E-state index contributed by atoms with van der Waals surface area (Å²) in [6.45, 7) is 21.3. The smallest absolute Gasteiger partial charge is 0.187 e. The fraction of sp³-hybridized carbons (Fsp3) is 1.00. The Kier molecular flexibility index (Phi) is 6.05. The predicted octanol–water partition coefficient (Wildman–Crippen LogP) is 2.68. The van der Waals surface area contributed by atoms with Crippen LogP contribution in [0.25, 0.3) is 0 Å². The lowest BCUT2D eigenvalue weighted by molar-refractivity contribution is 0.188. The highest BCUT2D eigenvalue weighted by Gasteiger charge is 2.29. The van der Waals surface area contributed by atoms with Gasteiger partial charge in [0.2, 0.25) is 0 Å². The van der Waals surface area contributed by atoms with Gasteiger partial charge in [-0.15, -0.1) is 0 Å². The molecule has 1 aliphatic heterocycles. The van der Waals surface area contributed by atoms with E-state index in [2.05, 4.69) is 49.1 Å². The van der Waals surface area contributed by atoms with Gasteiger partial charge in [0.25, 0.3) is 0 Å². The van der Waals surface area contributed by atoms with E-state index in [0.717, 1.165) is 6.61 Å². The monoisotopic (exact) mass is 288 g/mol. The van der Waals surface area contributed by atoms with Crippen molar-refractivity contribution in [1.82, 2.24) is 9.47 Å². The predicted molar refractivity (Wildman–Crippen MR) is 85.3 cm³/mol. The van der Waals surface area contributed by atoms with Crippen LogP contribution in [0.5, 0.6) is 0 Å². The highest BCUT2D eigenvalue weighted by Crippen LogP contribution is 2.16. The molecule has 0 bridgehead atoms. The molecule has 108 valence electrons. The second-order valence-electron chi connectivity index (χ2n) is 6.94. The summed E-state index contributed by atoms with van der Waals surface area (Å²) in [6.07, 6.45) is 0. The number of rotatable bonds is 6. The first kappa shape index (κ1) is 16.4. The number of hydrogen-bond acceptors (Lipinski definition) is 3. The van der Waals surface area contributed by atoms with Crippen molar-refractivity contribution in [3.63, 3.8) is 0 Å². The quantitative estimate of drug-likeness (QED) is 0.699. The summed E-state index contributed by atoms with van der Waals surface area (Å²) in [4.78, 5) is 2.63. The van der Waals surface area contributed by atoms with Gasteiger partial charge in [-0.25, -0.2) is 0 Å². The molecule has 0 aromatic rings. The summed E-state index contributed by atoms with van der Waals surface area (Å²) in [5.74, 6) is 0. The fourth-order valence-electron chi connectivity index (χ4n) is 2.53. The van der Waals surface area contributed by atoms with Crippen LogP contribution in [0.15, 0.2) is 0 Å². The Hall–Kier alpha value is 0.314. The Labute approximate surface area is 116 Å². The number of piperazine rings is 1. The Morgan fingerprint density at radius 2 is 1.50 bits per heavy atom. The summed E-state index contributed by atoms with van der Waals surface area (Å²) in [6, 6.07) is 1.27. The van der Waals surface area contributed by atoms with Gasteiger partial charge in [0.1, 0.15) is 8.24 Å². The van der Waals surface area contributed by atoms with Crippen LogP contribution < -0.4 is 0 Å². The van der Waals surface area contributed by atoms with Crippen LogP contribution in [0, 0.1) is 0 Å². The first-order chi connectivity index (χ1) is 8.24. The van der Waals surface area contributed by atoms with Crippen LogP contribution in [0.1, 0.15) is 6.92 Å². The SMILES string of the molecule is CCO[Si](C)(C)CCN1CCN([Si](C)(C)C)CC1. The van der Waals surface area contributed by atoms with Gasteiger partial charge in [0.05, 0.1) is 0 Å². The van der Waals surface area contributed by atoms with Gasteiger partial charge in [-0.1, -0.05) is 19.6 Å². The van der Waals surface area contributed by atoms with Gasteiger partial charge in [-0.2, -0.15) is 0 Å². The molecule has 1 rings (SSSR count). The average molecular weight is 289 g/mol. The van der Waals surface area contributed by atoms with Crippen molar-refractivity contribution in [2.75, 3.05) is 39.3 Å². The third-order valence-corrected chi connectivity index (χ3v) is 8.73. The first-order valence-corrected chi connectivity index (χ1v) is 13.9. The zero-order chi connectivity index (χ0) is 13.8. The summed E-state index contributed by atoms with van der Waals surface area (Å²) in [5, 5.41) is 0. The zero-order valence-electron chi connectivity index (χ0n) is 13.3. The highest BCUT2D eigenvalue weighted by atomic mass is 28.4. The molecule has 1 fully saturated rings. The van der Waals surface area contributed by atoms with Crippen LogP contribution in [-0.4, -0.2) is 65.3 Å². The van der Waals surface area contributed by atoms with E-state index in [1.165, 1.54) is 38.8 Å². The maximum absolute atomic E-state index is 5.90. The Balaban J connectivity index is 2.28. The second-order valence-corrected chi connectivity index (χ2v) is 16.2. The lowest BCUT2D eigenvalue weighted by atomic mass is 10.4. The van der Waals surface area contributed by atoms with Gasteiger partial charge in [-0.05, 0) is 32.6 Å². The third-order valence-electron chi connectivity index (χ3n) is 3.89. The average Bonchev–Trinajstić information content (AvgIpc) is 2.26. The van der Waals surface area contributed by atoms with Gasteiger partial charge in [-0.3, -0.25) is 0 Å². The van der Waals surface area contributed by atoms with Crippen LogP contribution in [-0.2, 0) is 4.43 Å². The van der Waals surface area contributed by atoms with Gasteiger partial charge < -0.3 is 13.9 Å². The van der Waals surface area contributed by atoms with E-state index in [0.29, 0.717) is 0 Å². The van der Waals surface area contributed by atoms with E-state index in [1.807, 2.05) is 0 Å². The van der Waals surface area contributed by atoms with Crippen LogP contribution in [0.3, 0.4) is 0 Å². The van der Waals surface area contributed by atoms with Crippen LogP contribution >= 0.6 is 0 Å². The molecule has 5 heteroatoms. The molecule has 0 aliphatic carbocycles. The fourth-order valence-corrected chi connectivity index (χ4v) is 5.85. The molecule has 18 heavy (non-hydrogen) atoms. The highest BCUT2D eigenvalue weighted by molar-refractivity contribution is 6.73. The van der Waals surface area contributed by atoms with E-state index < -0.39 is 16.6 Å². The van der Waals surface area contributed by atoms with Crippen molar-refractivity contribution >= 4 is 16.6 Å². The van der Waals surface area contributed by atoms with E-state index >= 15 is 0 Å². The number of nitrogens with zero attached hydrogens (tertiary/aromatic N) is 2. The lowest BCUT2D eigenvalue weighted by Crippen LogP contribution is -2.56. The van der Waals surface area contributed by atoms with Crippen molar-refractivity contribution in [2.24, 2.45) is 0 Å². The molecule has 0 saturated carbocycles. The molecule has 0 aromatic carbocycles. The maximum atomic E-state index is 5.90. The normalized spacial score (nSPS) is 20.3. The van der Waals surface area contributed by atoms with E-state index in [9.17, 15) is 0 Å². The topological polar surface area (TPSA) is 15.7 Å². The summed E-state index contributed by atoms with van der Waals surface area (Å²) in [7, 11) is -2.46. The van der Waals surface area contributed by atoms with Crippen molar-refractivity contribution in [2.45, 2.75) is 45.7 Å². The molecule has 0 radical (unpaired) electrons. The first-order valence-electron chi connectivity index (χ1n) is 7.36. The standard InChI is InChI=1S/C13H32N2OSi2/c1-7-16-18(5,6)13-12-14-8-10-15(11-9-14)17(2,3)4/h7-13H2,1-6H3. The molecule has 1 saturated heterocycles. The zero-order valence-corrected chi connectivity index (χ0v) is 15.3. The largest absolute Gasteiger partial charge is 0.418 e. The van der Waals surface area contributed by atoms with Gasteiger partial charge >= 0.3 is 0 Å². The number of hydrogen-bond donors (Lipinski definition) is 0. The molecule has 1 aliphatic rings. The molecule has 3 nitrogen and oxygen atoms in total. The molecule has 0 aromatic heterocycles. The molecule has 0 atom stereocenters. The summed E-state index contributed by atoms with van der Waals surface area (Å²) < 4.78 is 8.64. The molecular formula is C13H32N2OSi2. The summed E-state index contributed by atoms with van der Waals surface area (Å²) >= 11 is 0. The van der Waals surface area contributed by atoms with Crippen molar-refractivity contribution < 1.29 is 4.43 Å². The van der Waals surface area contributed by atoms with Crippen LogP contribution in [0.4, 0.5) is 0 Å². The minimum absolute atomic E-state index is 0.878. The minimum atomic E-state index is -1.39. The Morgan fingerprint density at radius 3 is 1.94 bits per heavy atom. The minimum Gasteiger partial charge on any atom is -0.418 e. The second kappa shape index (κ2) is 6.65. The van der Waals surface area contributed by atoms with Gasteiger partial charge in [0.15, 0.2) is 8.32 Å². The van der Waals surface area contributed by atoms with E-state index in [1.54, 1.807) is 0 Å². The molecule has 0 amide bonds. The van der Waals surface area contributed by atoms with Crippen LogP contribution in [0.2, 0.25) is 38.8 Å². The lowest BCUT2D eigenvalue weighted by Gasteiger charge is -2.41. The molecule has 1 heterocycles. The van der Waals surface area contributed by atoms with Gasteiger partial charge in [0, 0.05) is 32.8 Å². The molecule has 0 spiro atoms. The molecule has 0 N–H and O–H groups in total. The maximum Gasteiger partial charge on any atom is 0.187 e.